The quantitative estimate of drug-likeness (QED) is 0.821. The number of anilines is 1. The smallest absolute Gasteiger partial charge is 0.247 e. The molecule has 1 aliphatic heterocycles. The summed E-state index contributed by atoms with van der Waals surface area (Å²) in [7, 11) is 3.16. The summed E-state index contributed by atoms with van der Waals surface area (Å²) in [5, 5.41) is 2.85. The number of rotatable bonds is 5. The van der Waals surface area contributed by atoms with Crippen LogP contribution in [0.1, 0.15) is 24.0 Å². The molecule has 6 heteroatoms. The SMILES string of the molecule is COc1ccc(C=Cc2cccc(F)c2)cc1NC(=O)C1CCC(=O)N1C. The number of likely N-dealkylation sites (N-methyl/N-ethyl adjacent to an activating group) is 1. The number of nitrogens with zero attached hydrogens (tertiary/aromatic N) is 1. The van der Waals surface area contributed by atoms with Gasteiger partial charge in [-0.25, -0.2) is 4.39 Å². The van der Waals surface area contributed by atoms with E-state index >= 15 is 0 Å². The van der Waals surface area contributed by atoms with Crippen LogP contribution in [0.15, 0.2) is 42.5 Å². The van der Waals surface area contributed by atoms with Gasteiger partial charge in [-0.2, -0.15) is 0 Å². The van der Waals surface area contributed by atoms with Crippen LogP contribution in [-0.4, -0.2) is 36.9 Å². The van der Waals surface area contributed by atoms with Crippen LogP contribution in [0.2, 0.25) is 0 Å². The van der Waals surface area contributed by atoms with Gasteiger partial charge in [0.25, 0.3) is 0 Å². The Balaban J connectivity index is 1.79. The van der Waals surface area contributed by atoms with Gasteiger partial charge in [0.15, 0.2) is 0 Å². The fourth-order valence-electron chi connectivity index (χ4n) is 3.06. The number of carbonyl (C=O) groups is 2. The predicted octanol–water partition coefficient (Wildman–Crippen LogP) is 3.56. The molecule has 0 aromatic heterocycles. The molecule has 0 spiro atoms. The van der Waals surface area contributed by atoms with Crippen molar-refractivity contribution in [3.63, 3.8) is 0 Å². The molecule has 2 aromatic carbocycles. The molecule has 1 aliphatic rings. The first-order valence-corrected chi connectivity index (χ1v) is 8.66. The van der Waals surface area contributed by atoms with Crippen LogP contribution < -0.4 is 10.1 Å². The molecule has 1 unspecified atom stereocenters. The molecular weight excluding hydrogens is 347 g/mol. The Bertz CT molecular complexity index is 895. The van der Waals surface area contributed by atoms with E-state index in [1.807, 2.05) is 12.1 Å². The molecule has 0 saturated carbocycles. The highest BCUT2D eigenvalue weighted by Crippen LogP contribution is 2.28. The van der Waals surface area contributed by atoms with Crippen LogP contribution in [-0.2, 0) is 9.59 Å². The van der Waals surface area contributed by atoms with Crippen LogP contribution in [0.25, 0.3) is 12.2 Å². The van der Waals surface area contributed by atoms with Gasteiger partial charge in [-0.1, -0.05) is 30.4 Å². The van der Waals surface area contributed by atoms with Gasteiger partial charge in [0.1, 0.15) is 17.6 Å². The fourth-order valence-corrected chi connectivity index (χ4v) is 3.06. The van der Waals surface area contributed by atoms with E-state index in [4.69, 9.17) is 4.74 Å². The van der Waals surface area contributed by atoms with Crippen LogP contribution in [0.3, 0.4) is 0 Å². The maximum absolute atomic E-state index is 13.3. The Morgan fingerprint density at radius 2 is 1.96 bits per heavy atom. The highest BCUT2D eigenvalue weighted by atomic mass is 19.1. The lowest BCUT2D eigenvalue weighted by molar-refractivity contribution is -0.131. The van der Waals surface area contributed by atoms with Gasteiger partial charge in [0.05, 0.1) is 12.8 Å². The highest BCUT2D eigenvalue weighted by molar-refractivity contribution is 6.00. The van der Waals surface area contributed by atoms with E-state index in [-0.39, 0.29) is 17.6 Å². The molecule has 2 amide bonds. The molecule has 27 heavy (non-hydrogen) atoms. The van der Waals surface area contributed by atoms with E-state index in [1.54, 1.807) is 37.4 Å². The van der Waals surface area contributed by atoms with Crippen molar-refractivity contribution in [3.8, 4) is 5.75 Å². The first kappa shape index (κ1) is 18.6. The van der Waals surface area contributed by atoms with Crippen molar-refractivity contribution in [1.29, 1.82) is 0 Å². The molecule has 0 bridgehead atoms. The molecule has 0 aliphatic carbocycles. The van der Waals surface area contributed by atoms with E-state index in [0.717, 1.165) is 11.1 Å². The lowest BCUT2D eigenvalue weighted by atomic mass is 10.1. The van der Waals surface area contributed by atoms with Crippen LogP contribution in [0.4, 0.5) is 10.1 Å². The minimum absolute atomic E-state index is 0.0334. The maximum atomic E-state index is 13.3. The van der Waals surface area contributed by atoms with Crippen molar-refractivity contribution in [2.24, 2.45) is 0 Å². The minimum atomic E-state index is -0.478. The standard InChI is InChI=1S/C21H21FN2O3/c1-24-18(9-11-20(24)25)21(26)23-17-13-15(8-10-19(17)27-2)7-6-14-4-3-5-16(22)12-14/h3-8,10,12-13,18H,9,11H2,1-2H3,(H,23,26). The van der Waals surface area contributed by atoms with Gasteiger partial charge in [-0.05, 0) is 41.8 Å². The molecule has 1 heterocycles. The highest BCUT2D eigenvalue weighted by Gasteiger charge is 2.33. The van der Waals surface area contributed by atoms with Crippen molar-refractivity contribution in [2.45, 2.75) is 18.9 Å². The number of benzene rings is 2. The molecule has 0 radical (unpaired) electrons. The molecule has 5 nitrogen and oxygen atoms in total. The average Bonchev–Trinajstić information content (AvgIpc) is 2.99. The Morgan fingerprint density at radius 1 is 1.22 bits per heavy atom. The van der Waals surface area contributed by atoms with Crippen LogP contribution in [0, 0.1) is 5.82 Å². The third kappa shape index (κ3) is 4.34. The normalized spacial score (nSPS) is 16.8. The summed E-state index contributed by atoms with van der Waals surface area (Å²) in [4.78, 5) is 25.7. The first-order valence-electron chi connectivity index (χ1n) is 8.66. The third-order valence-electron chi connectivity index (χ3n) is 4.59. The van der Waals surface area contributed by atoms with Crippen molar-refractivity contribution in [2.75, 3.05) is 19.5 Å². The van der Waals surface area contributed by atoms with Crippen molar-refractivity contribution >= 4 is 29.7 Å². The van der Waals surface area contributed by atoms with Gasteiger partial charge < -0.3 is 15.0 Å². The molecule has 140 valence electrons. The molecule has 3 rings (SSSR count). The first-order chi connectivity index (χ1) is 13.0. The minimum Gasteiger partial charge on any atom is -0.495 e. The molecule has 1 fully saturated rings. The summed E-state index contributed by atoms with van der Waals surface area (Å²) in [6.07, 6.45) is 4.50. The lowest BCUT2D eigenvalue weighted by Gasteiger charge is -2.20. The summed E-state index contributed by atoms with van der Waals surface area (Å²) >= 11 is 0. The molecule has 1 saturated heterocycles. The Morgan fingerprint density at radius 3 is 2.59 bits per heavy atom. The molecular formula is C21H21FN2O3. The zero-order valence-electron chi connectivity index (χ0n) is 15.2. The molecule has 1 N–H and O–H groups in total. The number of nitrogens with one attached hydrogen (secondary N) is 1. The number of methoxy groups -OCH3 is 1. The van der Waals surface area contributed by atoms with Crippen molar-refractivity contribution in [1.82, 2.24) is 4.90 Å². The Hall–Kier alpha value is -3.15. The Kier molecular flexibility index (Phi) is 5.54. The second-order valence-corrected chi connectivity index (χ2v) is 6.40. The van der Waals surface area contributed by atoms with Gasteiger partial charge in [0.2, 0.25) is 11.8 Å². The fraction of sp³-hybridized carbons (Fsp3) is 0.238. The zero-order valence-corrected chi connectivity index (χ0v) is 15.2. The number of hydrogen-bond donors (Lipinski definition) is 1. The van der Waals surface area contributed by atoms with E-state index in [9.17, 15) is 14.0 Å². The van der Waals surface area contributed by atoms with Gasteiger partial charge in [0, 0.05) is 13.5 Å². The van der Waals surface area contributed by atoms with Crippen LogP contribution in [0.5, 0.6) is 5.75 Å². The second-order valence-electron chi connectivity index (χ2n) is 6.40. The monoisotopic (exact) mass is 368 g/mol. The second kappa shape index (κ2) is 8.03. The van der Waals surface area contributed by atoms with E-state index in [0.29, 0.717) is 24.3 Å². The maximum Gasteiger partial charge on any atom is 0.247 e. The summed E-state index contributed by atoms with van der Waals surface area (Å²) in [5.41, 5.74) is 2.09. The lowest BCUT2D eigenvalue weighted by Crippen LogP contribution is -2.38. The summed E-state index contributed by atoms with van der Waals surface area (Å²) < 4.78 is 18.6. The average molecular weight is 368 g/mol. The summed E-state index contributed by atoms with van der Waals surface area (Å²) in [6.45, 7) is 0. The number of hydrogen-bond acceptors (Lipinski definition) is 3. The largest absolute Gasteiger partial charge is 0.495 e. The number of amides is 2. The molecule has 2 aromatic rings. The third-order valence-corrected chi connectivity index (χ3v) is 4.59. The van der Waals surface area contributed by atoms with Crippen molar-refractivity contribution < 1.29 is 18.7 Å². The van der Waals surface area contributed by atoms with Gasteiger partial charge in [-0.15, -0.1) is 0 Å². The molecule has 1 atom stereocenters. The van der Waals surface area contributed by atoms with E-state index in [1.165, 1.54) is 24.1 Å². The number of ether oxygens (including phenoxy) is 1. The van der Waals surface area contributed by atoms with Crippen LogP contribution >= 0.6 is 0 Å². The summed E-state index contributed by atoms with van der Waals surface area (Å²) in [6, 6.07) is 11.2. The topological polar surface area (TPSA) is 58.6 Å². The van der Waals surface area contributed by atoms with Crippen molar-refractivity contribution in [3.05, 3.63) is 59.4 Å². The number of halogens is 1. The van der Waals surface area contributed by atoms with Gasteiger partial charge >= 0.3 is 0 Å². The Labute approximate surface area is 157 Å². The number of likely N-dealkylation sites (tertiary alicyclic amines) is 1. The zero-order chi connectivity index (χ0) is 19.4. The predicted molar refractivity (Wildman–Crippen MR) is 103 cm³/mol. The van der Waals surface area contributed by atoms with E-state index < -0.39 is 6.04 Å². The van der Waals surface area contributed by atoms with Gasteiger partial charge in [-0.3, -0.25) is 9.59 Å². The number of carbonyl (C=O) groups excluding carboxylic acids is 2. The summed E-state index contributed by atoms with van der Waals surface area (Å²) in [5.74, 6) is -0.0462. The van der Waals surface area contributed by atoms with E-state index in [2.05, 4.69) is 5.32 Å².